The Morgan fingerprint density at radius 3 is 3.00 bits per heavy atom. The van der Waals surface area contributed by atoms with Crippen molar-refractivity contribution in [3.63, 3.8) is 0 Å². The van der Waals surface area contributed by atoms with Crippen molar-refractivity contribution < 1.29 is 4.79 Å². The Morgan fingerprint density at radius 2 is 2.22 bits per heavy atom. The summed E-state index contributed by atoms with van der Waals surface area (Å²) in [4.78, 5) is 16.0. The third kappa shape index (κ3) is 3.32. The molecule has 23 heavy (non-hydrogen) atoms. The number of rotatable bonds is 5. The molecule has 5 nitrogen and oxygen atoms in total. The van der Waals surface area contributed by atoms with E-state index in [-0.39, 0.29) is 11.9 Å². The zero-order chi connectivity index (χ0) is 15.6. The number of hydrogen-bond acceptors (Lipinski definition) is 4. The third-order valence-corrected chi connectivity index (χ3v) is 5.70. The van der Waals surface area contributed by atoms with Crippen molar-refractivity contribution in [1.29, 1.82) is 0 Å². The van der Waals surface area contributed by atoms with Gasteiger partial charge in [-0.1, -0.05) is 6.07 Å². The van der Waals surface area contributed by atoms with Gasteiger partial charge in [-0.25, -0.2) is 0 Å². The van der Waals surface area contributed by atoms with Gasteiger partial charge < -0.3 is 9.47 Å². The van der Waals surface area contributed by atoms with Gasteiger partial charge in [0.15, 0.2) is 5.82 Å². The van der Waals surface area contributed by atoms with Crippen LogP contribution in [0.4, 0.5) is 0 Å². The van der Waals surface area contributed by atoms with Crippen molar-refractivity contribution in [2.24, 2.45) is 5.92 Å². The van der Waals surface area contributed by atoms with Crippen molar-refractivity contribution in [2.45, 2.75) is 51.1 Å². The molecule has 1 saturated carbocycles. The predicted octanol–water partition coefficient (Wildman–Crippen LogP) is 3.05. The van der Waals surface area contributed by atoms with E-state index in [2.05, 4.69) is 14.8 Å². The molecule has 3 heterocycles. The smallest absolute Gasteiger partial charge is 0.228 e. The van der Waals surface area contributed by atoms with Crippen LogP contribution in [-0.4, -0.2) is 32.1 Å². The molecule has 122 valence electrons. The van der Waals surface area contributed by atoms with Gasteiger partial charge in [0, 0.05) is 18.0 Å². The quantitative estimate of drug-likeness (QED) is 0.847. The number of likely N-dealkylation sites (tertiary alicyclic amines) is 1. The monoisotopic (exact) mass is 330 g/mol. The Bertz CT molecular complexity index is 662. The zero-order valence-electron chi connectivity index (χ0n) is 13.2. The summed E-state index contributed by atoms with van der Waals surface area (Å²) in [6, 6.07) is 4.14. The van der Waals surface area contributed by atoms with Crippen LogP contribution in [0.1, 0.15) is 48.8 Å². The summed E-state index contributed by atoms with van der Waals surface area (Å²) in [6.07, 6.45) is 8.20. The number of piperidine rings is 1. The molecule has 2 fully saturated rings. The van der Waals surface area contributed by atoms with E-state index in [1.807, 2.05) is 28.7 Å². The topological polar surface area (TPSA) is 51.0 Å². The van der Waals surface area contributed by atoms with E-state index in [0.29, 0.717) is 6.42 Å². The molecular weight excluding hydrogens is 308 g/mol. The van der Waals surface area contributed by atoms with Crippen LogP contribution in [0.15, 0.2) is 23.8 Å². The average Bonchev–Trinajstić information content (AvgIpc) is 3.04. The fourth-order valence-corrected chi connectivity index (χ4v) is 4.10. The minimum absolute atomic E-state index is 0.0949. The second kappa shape index (κ2) is 6.43. The number of carbonyl (C=O) groups excluding carboxylic acids is 1. The van der Waals surface area contributed by atoms with E-state index >= 15 is 0 Å². The molecule has 1 atom stereocenters. The van der Waals surface area contributed by atoms with Gasteiger partial charge in [0.05, 0.1) is 12.5 Å². The summed E-state index contributed by atoms with van der Waals surface area (Å²) >= 11 is 1.65. The summed E-state index contributed by atoms with van der Waals surface area (Å²) < 4.78 is 2.18. The van der Waals surface area contributed by atoms with E-state index in [9.17, 15) is 4.79 Å². The standard InChI is InChI=1S/C17H22N4OS/c22-16(10-14-4-3-9-23-14)21-8-2-1-5-15(21)17-19-18-12-20(17)11-13-6-7-13/h3-4,9,12-13,15H,1-2,5-8,10-11H2/t15-/m0/s1. The minimum atomic E-state index is 0.0949. The number of thiophene rings is 1. The molecule has 2 aromatic heterocycles. The highest BCUT2D eigenvalue weighted by Crippen LogP contribution is 2.34. The molecule has 6 heteroatoms. The highest BCUT2D eigenvalue weighted by atomic mass is 32.1. The lowest BCUT2D eigenvalue weighted by Crippen LogP contribution is -2.40. The van der Waals surface area contributed by atoms with E-state index in [1.54, 1.807) is 11.3 Å². The van der Waals surface area contributed by atoms with E-state index in [1.165, 1.54) is 12.8 Å². The zero-order valence-corrected chi connectivity index (χ0v) is 14.0. The lowest BCUT2D eigenvalue weighted by Gasteiger charge is -2.35. The summed E-state index contributed by atoms with van der Waals surface area (Å²) in [5, 5.41) is 10.5. The average molecular weight is 330 g/mol. The van der Waals surface area contributed by atoms with Gasteiger partial charge in [-0.3, -0.25) is 4.79 Å². The lowest BCUT2D eigenvalue weighted by atomic mass is 10.0. The van der Waals surface area contributed by atoms with Gasteiger partial charge in [-0.2, -0.15) is 0 Å². The number of nitrogens with zero attached hydrogens (tertiary/aromatic N) is 4. The first-order chi connectivity index (χ1) is 11.3. The number of aromatic nitrogens is 3. The van der Waals surface area contributed by atoms with Gasteiger partial charge in [-0.15, -0.1) is 21.5 Å². The maximum absolute atomic E-state index is 12.8. The second-order valence-electron chi connectivity index (χ2n) is 6.64. The SMILES string of the molecule is O=C(Cc1cccs1)N1CCCC[C@H]1c1nncn1CC1CC1. The Balaban J connectivity index is 1.53. The normalized spacial score (nSPS) is 21.6. The molecule has 0 spiro atoms. The fourth-order valence-electron chi connectivity index (χ4n) is 3.40. The highest BCUT2D eigenvalue weighted by Gasteiger charge is 2.32. The number of carbonyl (C=O) groups is 1. The van der Waals surface area contributed by atoms with Gasteiger partial charge >= 0.3 is 0 Å². The Kier molecular flexibility index (Phi) is 4.16. The fraction of sp³-hybridized carbons (Fsp3) is 0.588. The molecule has 0 unspecified atom stereocenters. The Labute approximate surface area is 140 Å². The molecule has 1 saturated heterocycles. The molecule has 0 aromatic carbocycles. The molecule has 1 aliphatic carbocycles. The molecule has 0 N–H and O–H groups in total. The van der Waals surface area contributed by atoms with Crippen molar-refractivity contribution in [3.8, 4) is 0 Å². The maximum atomic E-state index is 12.8. The van der Waals surface area contributed by atoms with Crippen molar-refractivity contribution in [1.82, 2.24) is 19.7 Å². The van der Waals surface area contributed by atoms with Crippen LogP contribution in [0.2, 0.25) is 0 Å². The molecule has 2 aromatic rings. The van der Waals surface area contributed by atoms with Crippen LogP contribution in [0.25, 0.3) is 0 Å². The highest BCUT2D eigenvalue weighted by molar-refractivity contribution is 7.10. The van der Waals surface area contributed by atoms with Crippen molar-refractivity contribution in [2.75, 3.05) is 6.54 Å². The summed E-state index contributed by atoms with van der Waals surface area (Å²) in [5.74, 6) is 1.98. The molecule has 4 rings (SSSR count). The van der Waals surface area contributed by atoms with Crippen LogP contribution >= 0.6 is 11.3 Å². The van der Waals surface area contributed by atoms with Crippen LogP contribution in [0, 0.1) is 5.92 Å². The lowest BCUT2D eigenvalue weighted by molar-refractivity contribution is -0.134. The first-order valence-electron chi connectivity index (χ1n) is 8.51. The molecule has 2 aliphatic rings. The van der Waals surface area contributed by atoms with E-state index < -0.39 is 0 Å². The second-order valence-corrected chi connectivity index (χ2v) is 7.67. The molecule has 1 aliphatic heterocycles. The van der Waals surface area contributed by atoms with Crippen molar-refractivity contribution in [3.05, 3.63) is 34.5 Å². The molecule has 1 amide bonds. The number of amides is 1. The van der Waals surface area contributed by atoms with Gasteiger partial charge in [-0.05, 0) is 49.5 Å². The first-order valence-corrected chi connectivity index (χ1v) is 9.39. The van der Waals surface area contributed by atoms with Crippen LogP contribution in [-0.2, 0) is 17.8 Å². The summed E-state index contributed by atoms with van der Waals surface area (Å²) in [5.41, 5.74) is 0. The maximum Gasteiger partial charge on any atom is 0.228 e. The largest absolute Gasteiger partial charge is 0.332 e. The van der Waals surface area contributed by atoms with E-state index in [0.717, 1.165) is 49.0 Å². The molecular formula is C17H22N4OS. The van der Waals surface area contributed by atoms with E-state index in [4.69, 9.17) is 0 Å². The Hall–Kier alpha value is -1.69. The van der Waals surface area contributed by atoms with Crippen LogP contribution in [0.3, 0.4) is 0 Å². The minimum Gasteiger partial charge on any atom is -0.332 e. The predicted molar refractivity (Wildman–Crippen MR) is 89.1 cm³/mol. The van der Waals surface area contributed by atoms with Gasteiger partial charge in [0.1, 0.15) is 6.33 Å². The summed E-state index contributed by atoms with van der Waals surface area (Å²) in [6.45, 7) is 1.84. The van der Waals surface area contributed by atoms with Gasteiger partial charge in [0.25, 0.3) is 0 Å². The van der Waals surface area contributed by atoms with Gasteiger partial charge in [0.2, 0.25) is 5.91 Å². The number of hydrogen-bond donors (Lipinski definition) is 0. The first kappa shape index (κ1) is 14.9. The van der Waals surface area contributed by atoms with Crippen LogP contribution < -0.4 is 0 Å². The van der Waals surface area contributed by atoms with Crippen molar-refractivity contribution >= 4 is 17.2 Å². The molecule has 0 radical (unpaired) electrons. The third-order valence-electron chi connectivity index (χ3n) is 4.82. The van der Waals surface area contributed by atoms with Crippen LogP contribution in [0.5, 0.6) is 0 Å². The molecule has 0 bridgehead atoms. The summed E-state index contributed by atoms with van der Waals surface area (Å²) in [7, 11) is 0. The Morgan fingerprint density at radius 1 is 1.30 bits per heavy atom.